The highest BCUT2D eigenvalue weighted by Crippen LogP contribution is 2.19. The second kappa shape index (κ2) is 4.78. The Labute approximate surface area is 97.3 Å². The van der Waals surface area contributed by atoms with Gasteiger partial charge in [0.2, 0.25) is 0 Å². The van der Waals surface area contributed by atoms with Crippen molar-refractivity contribution in [3.63, 3.8) is 0 Å². The van der Waals surface area contributed by atoms with E-state index in [1.165, 1.54) is 25.2 Å². The number of likely N-dealkylation sites (tertiary alicyclic amines) is 1. The average Bonchev–Trinajstić information content (AvgIpc) is 2.64. The lowest BCUT2D eigenvalue weighted by molar-refractivity contribution is 0.393. The van der Waals surface area contributed by atoms with E-state index in [1.807, 2.05) is 19.0 Å². The van der Waals surface area contributed by atoms with Crippen LogP contribution in [0.3, 0.4) is 0 Å². The first-order valence-electron chi connectivity index (χ1n) is 5.82. The van der Waals surface area contributed by atoms with Crippen molar-refractivity contribution in [1.29, 1.82) is 0 Å². The maximum absolute atomic E-state index is 4.35. The summed E-state index contributed by atoms with van der Waals surface area (Å²) < 4.78 is 0. The van der Waals surface area contributed by atoms with E-state index in [-0.39, 0.29) is 0 Å². The van der Waals surface area contributed by atoms with Gasteiger partial charge in [0.15, 0.2) is 0 Å². The second-order valence-electron chi connectivity index (χ2n) is 4.88. The Kier molecular flexibility index (Phi) is 3.39. The highest BCUT2D eigenvalue weighted by atomic mass is 15.1. The van der Waals surface area contributed by atoms with Crippen LogP contribution in [0.4, 0.5) is 5.82 Å². The molecule has 4 nitrogen and oxygen atoms in total. The summed E-state index contributed by atoms with van der Waals surface area (Å²) in [5.41, 5.74) is 1.17. The predicted octanol–water partition coefficient (Wildman–Crippen LogP) is 1.04. The Balaban J connectivity index is 2.01. The molecular weight excluding hydrogens is 200 g/mol. The molecule has 0 spiro atoms. The minimum Gasteiger partial charge on any atom is -0.363 e. The molecule has 0 amide bonds. The molecule has 0 radical (unpaired) electrons. The number of hydrogen-bond donors (Lipinski definition) is 0. The summed E-state index contributed by atoms with van der Waals surface area (Å²) in [5, 5.41) is 0. The van der Waals surface area contributed by atoms with Gasteiger partial charge in [-0.15, -0.1) is 0 Å². The van der Waals surface area contributed by atoms with Crippen LogP contribution >= 0.6 is 0 Å². The third kappa shape index (κ3) is 2.70. The molecule has 2 rings (SSSR count). The maximum atomic E-state index is 4.35. The Morgan fingerprint density at radius 2 is 2.25 bits per heavy atom. The summed E-state index contributed by atoms with van der Waals surface area (Å²) in [4.78, 5) is 13.0. The third-order valence-electron chi connectivity index (χ3n) is 3.15. The zero-order valence-corrected chi connectivity index (χ0v) is 10.3. The summed E-state index contributed by atoms with van der Waals surface area (Å²) >= 11 is 0. The van der Waals surface area contributed by atoms with Crippen LogP contribution in [0.25, 0.3) is 0 Å². The fraction of sp³-hybridized carbons (Fsp3) is 0.667. The highest BCUT2D eigenvalue weighted by molar-refractivity contribution is 5.36. The van der Waals surface area contributed by atoms with Crippen molar-refractivity contribution in [3.05, 3.63) is 18.1 Å². The van der Waals surface area contributed by atoms with Crippen LogP contribution in [-0.4, -0.2) is 49.1 Å². The van der Waals surface area contributed by atoms with Gasteiger partial charge in [-0.05, 0) is 32.4 Å². The number of hydrogen-bond acceptors (Lipinski definition) is 4. The molecule has 16 heavy (non-hydrogen) atoms. The number of anilines is 1. The topological polar surface area (TPSA) is 32.3 Å². The Bertz CT molecular complexity index is 351. The summed E-state index contributed by atoms with van der Waals surface area (Å²) in [6.07, 6.45) is 4.04. The van der Waals surface area contributed by atoms with E-state index in [4.69, 9.17) is 0 Å². The van der Waals surface area contributed by atoms with E-state index in [0.29, 0.717) is 0 Å². The van der Waals surface area contributed by atoms with Crippen LogP contribution in [0.5, 0.6) is 0 Å². The van der Waals surface area contributed by atoms with E-state index in [1.54, 1.807) is 6.33 Å². The van der Waals surface area contributed by atoms with Crippen LogP contribution in [0.2, 0.25) is 0 Å². The lowest BCUT2D eigenvalue weighted by Gasteiger charge is -2.13. The van der Waals surface area contributed by atoms with Gasteiger partial charge in [-0.2, -0.15) is 0 Å². The molecule has 1 aromatic rings. The van der Waals surface area contributed by atoms with Crippen molar-refractivity contribution in [2.45, 2.75) is 12.8 Å². The van der Waals surface area contributed by atoms with Gasteiger partial charge in [-0.25, -0.2) is 9.97 Å². The first-order chi connectivity index (χ1) is 7.65. The third-order valence-corrected chi connectivity index (χ3v) is 3.15. The fourth-order valence-corrected chi connectivity index (χ4v) is 2.23. The van der Waals surface area contributed by atoms with Gasteiger partial charge in [0.05, 0.1) is 0 Å². The molecule has 0 bridgehead atoms. The van der Waals surface area contributed by atoms with E-state index >= 15 is 0 Å². The van der Waals surface area contributed by atoms with Gasteiger partial charge in [0.1, 0.15) is 12.1 Å². The molecule has 1 aromatic heterocycles. The molecule has 2 heterocycles. The first kappa shape index (κ1) is 11.3. The molecule has 1 atom stereocenters. The quantitative estimate of drug-likeness (QED) is 0.762. The standard InChI is InChI=1S/C12H20N4/c1-15(2)12-7-11(13-9-14-12)6-10-4-5-16(3)8-10/h7,9-10H,4-6,8H2,1-3H3/t10-/m1/s1. The highest BCUT2D eigenvalue weighted by Gasteiger charge is 2.20. The van der Waals surface area contributed by atoms with E-state index < -0.39 is 0 Å². The van der Waals surface area contributed by atoms with Crippen molar-refractivity contribution in [1.82, 2.24) is 14.9 Å². The largest absolute Gasteiger partial charge is 0.363 e. The van der Waals surface area contributed by atoms with Crippen molar-refractivity contribution >= 4 is 5.82 Å². The molecule has 0 unspecified atom stereocenters. The minimum atomic E-state index is 0.759. The van der Waals surface area contributed by atoms with Crippen molar-refractivity contribution < 1.29 is 0 Å². The first-order valence-corrected chi connectivity index (χ1v) is 5.82. The van der Waals surface area contributed by atoms with Gasteiger partial charge in [0.25, 0.3) is 0 Å². The Morgan fingerprint density at radius 3 is 2.88 bits per heavy atom. The summed E-state index contributed by atoms with van der Waals surface area (Å²) in [6.45, 7) is 2.41. The van der Waals surface area contributed by atoms with Crippen LogP contribution in [0.15, 0.2) is 12.4 Å². The number of nitrogens with zero attached hydrogens (tertiary/aromatic N) is 4. The molecule has 88 valence electrons. The fourth-order valence-electron chi connectivity index (χ4n) is 2.23. The van der Waals surface area contributed by atoms with Crippen LogP contribution < -0.4 is 4.90 Å². The van der Waals surface area contributed by atoms with Gasteiger partial charge in [0, 0.05) is 32.4 Å². The Hall–Kier alpha value is -1.16. The van der Waals surface area contributed by atoms with E-state index in [0.717, 1.165) is 18.2 Å². The van der Waals surface area contributed by atoms with Crippen molar-refractivity contribution in [2.75, 3.05) is 39.1 Å². The molecule has 0 aliphatic carbocycles. The minimum absolute atomic E-state index is 0.759. The molecule has 0 aromatic carbocycles. The molecular formula is C12H20N4. The number of rotatable bonds is 3. The second-order valence-corrected chi connectivity index (χ2v) is 4.88. The molecule has 1 aliphatic heterocycles. The lowest BCUT2D eigenvalue weighted by atomic mass is 10.0. The van der Waals surface area contributed by atoms with Gasteiger partial charge >= 0.3 is 0 Å². The lowest BCUT2D eigenvalue weighted by Crippen LogP contribution is -2.16. The van der Waals surface area contributed by atoms with Gasteiger partial charge in [-0.1, -0.05) is 0 Å². The molecule has 1 aliphatic rings. The van der Waals surface area contributed by atoms with Crippen LogP contribution in [0.1, 0.15) is 12.1 Å². The van der Waals surface area contributed by atoms with E-state index in [2.05, 4.69) is 28.0 Å². The normalized spacial score (nSPS) is 21.3. The van der Waals surface area contributed by atoms with Crippen molar-refractivity contribution in [3.8, 4) is 0 Å². The summed E-state index contributed by atoms with van der Waals surface area (Å²) in [5.74, 6) is 1.76. The van der Waals surface area contributed by atoms with Gasteiger partial charge in [-0.3, -0.25) is 0 Å². The molecule has 0 N–H and O–H groups in total. The SMILES string of the molecule is CN1CC[C@H](Cc2cc(N(C)C)ncn2)C1. The molecule has 0 saturated carbocycles. The zero-order chi connectivity index (χ0) is 11.5. The molecule has 1 saturated heterocycles. The Morgan fingerprint density at radius 1 is 1.44 bits per heavy atom. The monoisotopic (exact) mass is 220 g/mol. The smallest absolute Gasteiger partial charge is 0.131 e. The number of aromatic nitrogens is 2. The van der Waals surface area contributed by atoms with Crippen molar-refractivity contribution in [2.24, 2.45) is 5.92 Å². The van der Waals surface area contributed by atoms with Crippen LogP contribution in [-0.2, 0) is 6.42 Å². The molecule has 4 heteroatoms. The zero-order valence-electron chi connectivity index (χ0n) is 10.3. The predicted molar refractivity (Wildman–Crippen MR) is 65.7 cm³/mol. The van der Waals surface area contributed by atoms with Crippen LogP contribution in [0, 0.1) is 5.92 Å². The summed E-state index contributed by atoms with van der Waals surface area (Å²) in [6, 6.07) is 2.10. The van der Waals surface area contributed by atoms with Gasteiger partial charge < -0.3 is 9.80 Å². The average molecular weight is 220 g/mol. The molecule has 1 fully saturated rings. The maximum Gasteiger partial charge on any atom is 0.131 e. The summed E-state index contributed by atoms with van der Waals surface area (Å²) in [7, 11) is 6.20. The van der Waals surface area contributed by atoms with E-state index in [9.17, 15) is 0 Å².